The molecule has 0 unspecified atom stereocenters. The average Bonchev–Trinajstić information content (AvgIpc) is 2.28. The molecule has 0 saturated carbocycles. The summed E-state index contributed by atoms with van der Waals surface area (Å²) in [6.45, 7) is 5.71. The van der Waals surface area contributed by atoms with Gasteiger partial charge in [-0.25, -0.2) is 0 Å². The lowest BCUT2D eigenvalue weighted by Crippen LogP contribution is -3.00. The number of thiocarbonyl (C=S) groups is 1. The van der Waals surface area contributed by atoms with E-state index in [4.69, 9.17) is 21.7 Å². The van der Waals surface area contributed by atoms with Gasteiger partial charge in [0.1, 0.15) is 0 Å². The molecule has 0 bridgehead atoms. The van der Waals surface area contributed by atoms with Crippen LogP contribution in [-0.2, 0) is 9.47 Å². The van der Waals surface area contributed by atoms with E-state index in [2.05, 4.69) is 22.1 Å². The van der Waals surface area contributed by atoms with Crippen LogP contribution in [0.25, 0.3) is 0 Å². The topological polar surface area (TPSA) is 97.8 Å². The van der Waals surface area contributed by atoms with Crippen LogP contribution in [0, 0.1) is 0 Å². The Balaban J connectivity index is -0.00000112. The molecule has 0 aliphatic heterocycles. The summed E-state index contributed by atoms with van der Waals surface area (Å²) < 4.78 is 10.5. The predicted octanol–water partition coefficient (Wildman–Crippen LogP) is -9.02. The quantitative estimate of drug-likeness (QED) is 0.236. The molecule has 0 rings (SSSR count). The molecule has 0 radical (unpaired) electrons. The molecule has 0 aliphatic carbocycles. The monoisotopic (exact) mass is 322 g/mol. The van der Waals surface area contributed by atoms with E-state index in [1.165, 1.54) is 0 Å². The molecule has 0 aromatic carbocycles. The first kappa shape index (κ1) is 23.2. The Morgan fingerprint density at radius 2 is 1.22 bits per heavy atom. The summed E-state index contributed by atoms with van der Waals surface area (Å²) in [5.41, 5.74) is 7.36. The summed E-state index contributed by atoms with van der Waals surface area (Å²) >= 11 is 5.05. The van der Waals surface area contributed by atoms with E-state index in [9.17, 15) is 0 Å². The van der Waals surface area contributed by atoms with Crippen LogP contribution in [0.2, 0.25) is 0 Å². The molecule has 0 atom stereocenters. The van der Waals surface area contributed by atoms with E-state index in [1.807, 2.05) is 0 Å². The third kappa shape index (κ3) is 18.5. The molecule has 18 heavy (non-hydrogen) atoms. The second kappa shape index (κ2) is 19.4. The van der Waals surface area contributed by atoms with Crippen molar-refractivity contribution in [3.05, 3.63) is 0 Å². The molecule has 0 fully saturated rings. The second-order valence-corrected chi connectivity index (χ2v) is 3.52. The predicted molar refractivity (Wildman–Crippen MR) is 65.8 cm³/mol. The van der Waals surface area contributed by atoms with Crippen LogP contribution in [0.1, 0.15) is 0 Å². The van der Waals surface area contributed by atoms with Crippen molar-refractivity contribution < 1.29 is 45.8 Å². The minimum atomic E-state index is 0. The minimum Gasteiger partial charge on any atom is -1.00 e. The highest BCUT2D eigenvalue weighted by atomic mass is 35.5. The van der Waals surface area contributed by atoms with E-state index in [0.717, 1.165) is 13.1 Å². The van der Waals surface area contributed by atoms with Crippen LogP contribution in [0.3, 0.4) is 0 Å². The molecule has 0 aliphatic rings. The van der Waals surface area contributed by atoms with E-state index in [0.29, 0.717) is 44.6 Å². The fourth-order valence-electron chi connectivity index (χ4n) is 0.944. The number of hydrogen-bond acceptors (Lipinski definition) is 3. The number of nitrogens with one attached hydrogen (secondary N) is 2. The first-order valence-corrected chi connectivity index (χ1v) is 5.97. The standard InChI is InChI=1S/C9H22N4O2S.2ClH/c10-1-5-14-7-3-12-9(16)13-4-8-15-6-2-11;;/h1-8,10-11H2,(H2,12,13,16);2*1H. The van der Waals surface area contributed by atoms with Gasteiger partial charge in [0, 0.05) is 13.1 Å². The summed E-state index contributed by atoms with van der Waals surface area (Å²) in [7, 11) is 0. The van der Waals surface area contributed by atoms with E-state index < -0.39 is 0 Å². The lowest BCUT2D eigenvalue weighted by Gasteiger charge is -2.10. The summed E-state index contributed by atoms with van der Waals surface area (Å²) in [6, 6.07) is 0. The number of quaternary nitrogens is 2. The zero-order valence-electron chi connectivity index (χ0n) is 10.6. The van der Waals surface area contributed by atoms with Crippen LogP contribution in [0.4, 0.5) is 0 Å². The van der Waals surface area contributed by atoms with Crippen molar-refractivity contribution in [1.82, 2.24) is 10.6 Å². The minimum absolute atomic E-state index is 0. The Kier molecular flexibility index (Phi) is 25.1. The van der Waals surface area contributed by atoms with Crippen molar-refractivity contribution in [3.63, 3.8) is 0 Å². The molecule has 112 valence electrons. The van der Waals surface area contributed by atoms with Crippen molar-refractivity contribution in [2.24, 2.45) is 0 Å². The highest BCUT2D eigenvalue weighted by Gasteiger charge is 1.94. The average molecular weight is 323 g/mol. The van der Waals surface area contributed by atoms with Gasteiger partial charge in [-0.1, -0.05) is 0 Å². The van der Waals surface area contributed by atoms with Gasteiger partial charge in [0.15, 0.2) is 5.11 Å². The SMILES string of the molecule is [Cl-].[Cl-].[NH3+]CCOCCNC(=S)NCCOCC[NH3+]. The summed E-state index contributed by atoms with van der Waals surface area (Å²) in [5, 5.41) is 6.71. The summed E-state index contributed by atoms with van der Waals surface area (Å²) in [5.74, 6) is 0. The zero-order valence-corrected chi connectivity index (χ0v) is 12.9. The number of ether oxygens (including phenoxy) is 2. The van der Waals surface area contributed by atoms with Gasteiger partial charge in [-0.3, -0.25) is 0 Å². The Hall–Kier alpha value is 0.110. The van der Waals surface area contributed by atoms with Crippen molar-refractivity contribution in [2.75, 3.05) is 52.6 Å². The van der Waals surface area contributed by atoms with Crippen LogP contribution in [0.5, 0.6) is 0 Å². The van der Waals surface area contributed by atoms with E-state index in [-0.39, 0.29) is 24.8 Å². The van der Waals surface area contributed by atoms with Gasteiger partial charge in [-0.15, -0.1) is 0 Å². The van der Waals surface area contributed by atoms with Crippen LogP contribution < -0.4 is 46.9 Å². The summed E-state index contributed by atoms with van der Waals surface area (Å²) in [6.07, 6.45) is 0. The third-order valence-electron chi connectivity index (χ3n) is 1.64. The summed E-state index contributed by atoms with van der Waals surface area (Å²) in [4.78, 5) is 0. The number of halogens is 2. The Labute approximate surface area is 126 Å². The van der Waals surface area contributed by atoms with Gasteiger partial charge in [0.05, 0.1) is 39.5 Å². The Morgan fingerprint density at radius 1 is 0.833 bits per heavy atom. The van der Waals surface area contributed by atoms with Gasteiger partial charge in [-0.2, -0.15) is 0 Å². The van der Waals surface area contributed by atoms with Gasteiger partial charge in [0.2, 0.25) is 0 Å². The maximum Gasteiger partial charge on any atom is 0.166 e. The van der Waals surface area contributed by atoms with Crippen molar-refractivity contribution in [3.8, 4) is 0 Å². The van der Waals surface area contributed by atoms with E-state index >= 15 is 0 Å². The lowest BCUT2D eigenvalue weighted by atomic mass is 10.6. The first-order valence-electron chi connectivity index (χ1n) is 5.57. The fraction of sp³-hybridized carbons (Fsp3) is 0.889. The second-order valence-electron chi connectivity index (χ2n) is 3.11. The Bertz CT molecular complexity index is 165. The van der Waals surface area contributed by atoms with Crippen molar-refractivity contribution in [2.45, 2.75) is 0 Å². The Morgan fingerprint density at radius 3 is 1.56 bits per heavy atom. The normalized spacial score (nSPS) is 9.00. The number of hydrogen-bond donors (Lipinski definition) is 4. The molecule has 0 spiro atoms. The molecule has 9 heteroatoms. The maximum absolute atomic E-state index is 5.25. The van der Waals surface area contributed by atoms with Crippen LogP contribution in [-0.4, -0.2) is 57.7 Å². The largest absolute Gasteiger partial charge is 1.00 e. The smallest absolute Gasteiger partial charge is 0.166 e. The highest BCUT2D eigenvalue weighted by Crippen LogP contribution is 1.73. The molecular weight excluding hydrogens is 299 g/mol. The van der Waals surface area contributed by atoms with Gasteiger partial charge in [0.25, 0.3) is 0 Å². The molecular formula is C9H24Cl2N4O2S. The first-order chi connectivity index (χ1) is 7.81. The highest BCUT2D eigenvalue weighted by molar-refractivity contribution is 7.80. The van der Waals surface area contributed by atoms with Gasteiger partial charge in [-0.05, 0) is 12.2 Å². The van der Waals surface area contributed by atoms with Crippen molar-refractivity contribution >= 4 is 17.3 Å². The van der Waals surface area contributed by atoms with Gasteiger partial charge < -0.3 is 56.4 Å². The van der Waals surface area contributed by atoms with Crippen LogP contribution in [0.15, 0.2) is 0 Å². The van der Waals surface area contributed by atoms with E-state index in [1.54, 1.807) is 0 Å². The third-order valence-corrected chi connectivity index (χ3v) is 1.93. The number of rotatable bonds is 10. The molecule has 6 nitrogen and oxygen atoms in total. The maximum atomic E-state index is 5.25. The van der Waals surface area contributed by atoms with Gasteiger partial charge >= 0.3 is 0 Å². The lowest BCUT2D eigenvalue weighted by molar-refractivity contribution is -0.374. The van der Waals surface area contributed by atoms with Crippen LogP contribution >= 0.6 is 12.2 Å². The molecule has 0 aromatic rings. The van der Waals surface area contributed by atoms with Crippen molar-refractivity contribution in [1.29, 1.82) is 0 Å². The molecule has 0 amide bonds. The molecule has 0 saturated heterocycles. The zero-order chi connectivity index (χ0) is 12.1. The molecule has 8 N–H and O–H groups in total. The molecule has 0 aromatic heterocycles. The fourth-order valence-corrected chi connectivity index (χ4v) is 1.15. The molecule has 0 heterocycles.